The zero-order valence-corrected chi connectivity index (χ0v) is 13.1. The Hall–Kier alpha value is -0.210. The van der Waals surface area contributed by atoms with Crippen molar-refractivity contribution in [3.8, 4) is 0 Å². The molecule has 1 N–H and O–H groups in total. The fraction of sp³-hybridized carbons (Fsp3) is 1.00. The van der Waals surface area contributed by atoms with Gasteiger partial charge in [-0.15, -0.1) is 0 Å². The van der Waals surface area contributed by atoms with Crippen LogP contribution in [-0.2, 0) is 10.2 Å². The molecule has 0 aliphatic carbocycles. The second-order valence-corrected chi connectivity index (χ2v) is 8.14. The van der Waals surface area contributed by atoms with Crippen LogP contribution in [0.3, 0.4) is 0 Å². The summed E-state index contributed by atoms with van der Waals surface area (Å²) in [6.45, 7) is 4.27. The second kappa shape index (κ2) is 5.88. The minimum absolute atomic E-state index is 0.405. The first-order valence-electron chi connectivity index (χ1n) is 7.77. The monoisotopic (exact) mass is 302 g/mol. The lowest BCUT2D eigenvalue weighted by atomic mass is 10.1. The molecule has 2 unspecified atom stereocenters. The van der Waals surface area contributed by atoms with Crippen LogP contribution in [0.5, 0.6) is 0 Å². The Bertz CT molecular complexity index is 434. The van der Waals surface area contributed by atoms with Gasteiger partial charge >= 0.3 is 0 Å². The maximum Gasteiger partial charge on any atom is 0.282 e. The molecule has 0 saturated carbocycles. The van der Waals surface area contributed by atoms with Gasteiger partial charge in [-0.2, -0.15) is 17.0 Å². The molecule has 3 aliphatic rings. The molecular formula is C13H26N4O2S. The molecule has 0 aromatic rings. The maximum absolute atomic E-state index is 12.8. The summed E-state index contributed by atoms with van der Waals surface area (Å²) in [5.74, 6) is 0. The molecule has 3 rings (SSSR count). The van der Waals surface area contributed by atoms with E-state index in [2.05, 4.69) is 17.3 Å². The predicted octanol–water partition coefficient (Wildman–Crippen LogP) is -0.305. The topological polar surface area (TPSA) is 55.9 Å². The number of rotatable bonds is 2. The number of hydrogen-bond donors (Lipinski definition) is 1. The van der Waals surface area contributed by atoms with Gasteiger partial charge in [-0.1, -0.05) is 0 Å². The van der Waals surface area contributed by atoms with E-state index in [9.17, 15) is 8.42 Å². The summed E-state index contributed by atoms with van der Waals surface area (Å²) in [7, 11) is -1.13. The van der Waals surface area contributed by atoms with E-state index >= 15 is 0 Å². The predicted molar refractivity (Wildman–Crippen MR) is 78.7 cm³/mol. The van der Waals surface area contributed by atoms with Crippen LogP contribution in [0.4, 0.5) is 0 Å². The van der Waals surface area contributed by atoms with Crippen LogP contribution < -0.4 is 5.32 Å². The zero-order chi connectivity index (χ0) is 14.2. The Morgan fingerprint density at radius 1 is 0.950 bits per heavy atom. The minimum Gasteiger partial charge on any atom is -0.315 e. The van der Waals surface area contributed by atoms with E-state index in [1.165, 1.54) is 6.42 Å². The van der Waals surface area contributed by atoms with E-state index < -0.39 is 10.2 Å². The van der Waals surface area contributed by atoms with Gasteiger partial charge in [0.15, 0.2) is 0 Å². The van der Waals surface area contributed by atoms with Gasteiger partial charge in [0, 0.05) is 44.8 Å². The third-order valence-electron chi connectivity index (χ3n) is 5.06. The summed E-state index contributed by atoms with van der Waals surface area (Å²) in [4.78, 5) is 2.39. The van der Waals surface area contributed by atoms with Gasteiger partial charge in [0.1, 0.15) is 0 Å². The number of hydrogen-bond acceptors (Lipinski definition) is 4. The van der Waals surface area contributed by atoms with Gasteiger partial charge in [-0.3, -0.25) is 4.90 Å². The molecule has 116 valence electrons. The van der Waals surface area contributed by atoms with Crippen molar-refractivity contribution < 1.29 is 8.42 Å². The average molecular weight is 302 g/mol. The van der Waals surface area contributed by atoms with E-state index in [1.807, 2.05) is 0 Å². The molecule has 3 aliphatic heterocycles. The Kier molecular flexibility index (Phi) is 4.33. The van der Waals surface area contributed by atoms with E-state index in [0.29, 0.717) is 38.3 Å². The van der Waals surface area contributed by atoms with Crippen LogP contribution in [0.25, 0.3) is 0 Å². The first kappa shape index (κ1) is 14.7. The molecule has 20 heavy (non-hydrogen) atoms. The number of likely N-dealkylation sites (N-methyl/N-ethyl adjacent to an activating group) is 1. The van der Waals surface area contributed by atoms with Crippen LogP contribution in [0, 0.1) is 0 Å². The largest absolute Gasteiger partial charge is 0.315 e. The van der Waals surface area contributed by atoms with Crippen molar-refractivity contribution >= 4 is 10.2 Å². The summed E-state index contributed by atoms with van der Waals surface area (Å²) in [6.07, 6.45) is 4.23. The Morgan fingerprint density at radius 2 is 1.75 bits per heavy atom. The van der Waals surface area contributed by atoms with Crippen LogP contribution in [0.15, 0.2) is 0 Å². The van der Waals surface area contributed by atoms with Crippen molar-refractivity contribution in [1.82, 2.24) is 18.8 Å². The highest BCUT2D eigenvalue weighted by Gasteiger charge is 2.40. The SMILES string of the molecule is CN1C2CCC1CN(S(=O)(=O)N1CCCNCC1)CC2. The summed E-state index contributed by atoms with van der Waals surface area (Å²) in [6, 6.07) is 0.980. The summed E-state index contributed by atoms with van der Waals surface area (Å²) < 4.78 is 29.1. The fourth-order valence-corrected chi connectivity index (χ4v) is 5.41. The highest BCUT2D eigenvalue weighted by Crippen LogP contribution is 2.30. The average Bonchev–Trinajstić information content (AvgIpc) is 2.62. The Balaban J connectivity index is 1.73. The third-order valence-corrected chi connectivity index (χ3v) is 7.06. The van der Waals surface area contributed by atoms with Crippen molar-refractivity contribution in [2.75, 3.05) is 46.3 Å². The van der Waals surface area contributed by atoms with Gasteiger partial charge in [0.2, 0.25) is 0 Å². The number of nitrogens with zero attached hydrogens (tertiary/aromatic N) is 3. The molecule has 0 aromatic heterocycles. The molecule has 6 nitrogen and oxygen atoms in total. The molecule has 0 aromatic carbocycles. The van der Waals surface area contributed by atoms with Gasteiger partial charge in [-0.25, -0.2) is 0 Å². The molecule has 0 radical (unpaired) electrons. The molecular weight excluding hydrogens is 276 g/mol. The van der Waals surface area contributed by atoms with Crippen molar-refractivity contribution in [2.45, 2.75) is 37.8 Å². The van der Waals surface area contributed by atoms with Gasteiger partial charge in [0.25, 0.3) is 10.2 Å². The van der Waals surface area contributed by atoms with Crippen LogP contribution in [-0.4, -0.2) is 80.3 Å². The molecule has 2 bridgehead atoms. The molecule has 2 atom stereocenters. The normalized spacial score (nSPS) is 34.9. The highest BCUT2D eigenvalue weighted by atomic mass is 32.2. The lowest BCUT2D eigenvalue weighted by Crippen LogP contribution is -2.48. The Labute approximate surface area is 122 Å². The summed E-state index contributed by atoms with van der Waals surface area (Å²) in [5.41, 5.74) is 0. The van der Waals surface area contributed by atoms with E-state index in [1.54, 1.807) is 8.61 Å². The number of fused-ring (bicyclic) bond motifs is 2. The smallest absolute Gasteiger partial charge is 0.282 e. The lowest BCUT2D eigenvalue weighted by molar-refractivity contribution is 0.244. The fourth-order valence-electron chi connectivity index (χ4n) is 3.70. The van der Waals surface area contributed by atoms with E-state index in [0.717, 1.165) is 32.4 Å². The molecule has 3 heterocycles. The van der Waals surface area contributed by atoms with Crippen LogP contribution in [0.1, 0.15) is 25.7 Å². The summed E-state index contributed by atoms with van der Waals surface area (Å²) >= 11 is 0. The standard InChI is InChI=1S/C13H26N4O2S/c1-15-12-3-4-13(15)11-17(9-5-12)20(18,19)16-8-2-6-14-7-10-16/h12-14H,2-11H2,1H3. The maximum atomic E-state index is 12.8. The minimum atomic E-state index is -3.28. The first-order valence-corrected chi connectivity index (χ1v) is 9.16. The third kappa shape index (κ3) is 2.74. The molecule has 7 heteroatoms. The van der Waals surface area contributed by atoms with Crippen molar-refractivity contribution in [1.29, 1.82) is 0 Å². The van der Waals surface area contributed by atoms with Crippen LogP contribution >= 0.6 is 0 Å². The quantitative estimate of drug-likeness (QED) is 0.761. The van der Waals surface area contributed by atoms with E-state index in [4.69, 9.17) is 0 Å². The number of nitrogens with one attached hydrogen (secondary N) is 1. The molecule has 0 spiro atoms. The molecule has 3 saturated heterocycles. The lowest BCUT2D eigenvalue weighted by Gasteiger charge is -2.30. The van der Waals surface area contributed by atoms with E-state index in [-0.39, 0.29) is 0 Å². The van der Waals surface area contributed by atoms with Crippen molar-refractivity contribution in [3.05, 3.63) is 0 Å². The second-order valence-electron chi connectivity index (χ2n) is 6.21. The first-order chi connectivity index (χ1) is 9.59. The summed E-state index contributed by atoms with van der Waals surface area (Å²) in [5, 5.41) is 3.27. The molecule has 3 fully saturated rings. The van der Waals surface area contributed by atoms with Crippen molar-refractivity contribution in [3.63, 3.8) is 0 Å². The Morgan fingerprint density at radius 3 is 2.60 bits per heavy atom. The zero-order valence-electron chi connectivity index (χ0n) is 12.3. The molecule has 0 amide bonds. The van der Waals surface area contributed by atoms with Gasteiger partial charge < -0.3 is 5.32 Å². The highest BCUT2D eigenvalue weighted by molar-refractivity contribution is 7.86. The van der Waals surface area contributed by atoms with Crippen molar-refractivity contribution in [2.24, 2.45) is 0 Å². The van der Waals surface area contributed by atoms with Gasteiger partial charge in [-0.05, 0) is 39.3 Å². The van der Waals surface area contributed by atoms with Gasteiger partial charge in [0.05, 0.1) is 0 Å². The van der Waals surface area contributed by atoms with Crippen LogP contribution in [0.2, 0.25) is 0 Å².